The first kappa shape index (κ1) is 21.6. The van der Waals surface area contributed by atoms with Crippen molar-refractivity contribution in [2.45, 2.75) is 32.2 Å². The quantitative estimate of drug-likeness (QED) is 0.428. The number of nitrogens with one attached hydrogen (secondary N) is 3. The van der Waals surface area contributed by atoms with Gasteiger partial charge >= 0.3 is 6.03 Å². The molecule has 0 aliphatic carbocycles. The van der Waals surface area contributed by atoms with Crippen molar-refractivity contribution < 1.29 is 14.4 Å². The molecule has 8 heteroatoms. The van der Waals surface area contributed by atoms with Gasteiger partial charge in [-0.25, -0.2) is 4.79 Å². The van der Waals surface area contributed by atoms with Crippen LogP contribution in [0, 0.1) is 0 Å². The number of nitrogens with two attached hydrogens (primary N) is 1. The average molecular weight is 434 g/mol. The Kier molecular flexibility index (Phi) is 5.71. The lowest BCUT2D eigenvalue weighted by Gasteiger charge is -2.16. The van der Waals surface area contributed by atoms with Crippen LogP contribution >= 0.6 is 0 Å². The molecule has 3 aromatic rings. The van der Waals surface area contributed by atoms with E-state index >= 15 is 0 Å². The number of carbonyl (C=O) groups is 3. The molecule has 8 nitrogen and oxygen atoms in total. The van der Waals surface area contributed by atoms with Crippen LogP contribution in [0.5, 0.6) is 0 Å². The number of para-hydroxylation sites is 1. The maximum absolute atomic E-state index is 12.9. The largest absolute Gasteiger partial charge is 0.350 e. The number of aromatic amines is 1. The molecule has 166 valence electrons. The fourth-order valence-corrected chi connectivity index (χ4v) is 4.03. The van der Waals surface area contributed by atoms with Crippen molar-refractivity contribution in [2.24, 2.45) is 5.73 Å². The predicted octanol–water partition coefficient (Wildman–Crippen LogP) is 2.79. The molecule has 1 fully saturated rings. The van der Waals surface area contributed by atoms with Crippen LogP contribution in [0.15, 0.2) is 48.5 Å². The molecule has 0 spiro atoms. The number of fused-ring (bicyclic) bond motifs is 1. The molecule has 0 bridgehead atoms. The molecule has 0 radical (unpaired) electrons. The van der Waals surface area contributed by atoms with E-state index in [1.807, 2.05) is 48.5 Å². The van der Waals surface area contributed by atoms with Gasteiger partial charge in [0.25, 0.3) is 11.8 Å². The molecular weight excluding hydrogens is 406 g/mol. The topological polar surface area (TPSA) is 120 Å². The first-order valence-electron chi connectivity index (χ1n) is 10.6. The first-order valence-corrected chi connectivity index (χ1v) is 10.6. The lowest BCUT2D eigenvalue weighted by molar-refractivity contribution is -0.130. The summed E-state index contributed by atoms with van der Waals surface area (Å²) in [6, 6.07) is 14.8. The van der Waals surface area contributed by atoms with E-state index in [1.165, 1.54) is 4.90 Å². The van der Waals surface area contributed by atoms with Gasteiger partial charge in [0, 0.05) is 23.1 Å². The average Bonchev–Trinajstić information content (AvgIpc) is 3.21. The maximum atomic E-state index is 12.9. The number of rotatable bonds is 7. The molecule has 1 aromatic heterocycles. The number of urea groups is 1. The van der Waals surface area contributed by atoms with E-state index in [9.17, 15) is 14.4 Å². The second-order valence-electron chi connectivity index (χ2n) is 8.48. The standard InChI is InChI=1S/C24H27N5O3/c1-24(2)22(31)29(23(32)28-24)13-11-15-8-9-19-18(14-15)17(10-12-25)20(27-19)21(30)26-16-6-4-3-5-7-16/h3-9,14,27H,10-13,25H2,1-2H3,(H,26,30)(H,28,32). The second-order valence-corrected chi connectivity index (χ2v) is 8.48. The van der Waals surface area contributed by atoms with Crippen LogP contribution < -0.4 is 16.4 Å². The SMILES string of the molecule is CC1(C)NC(=O)N(CCc2ccc3[nH]c(C(=O)Nc4ccccc4)c(CCN)c3c2)C1=O. The molecule has 32 heavy (non-hydrogen) atoms. The molecule has 4 amide bonds. The van der Waals surface area contributed by atoms with Crippen LogP contribution in [0.3, 0.4) is 0 Å². The van der Waals surface area contributed by atoms with E-state index < -0.39 is 5.54 Å². The Hall–Kier alpha value is -3.65. The summed E-state index contributed by atoms with van der Waals surface area (Å²) in [5.41, 5.74) is 8.82. The zero-order chi connectivity index (χ0) is 22.9. The summed E-state index contributed by atoms with van der Waals surface area (Å²) in [6.07, 6.45) is 1.06. The normalized spacial score (nSPS) is 15.3. The van der Waals surface area contributed by atoms with Crippen molar-refractivity contribution in [1.82, 2.24) is 15.2 Å². The Bertz CT molecular complexity index is 1180. The number of nitrogens with zero attached hydrogens (tertiary/aromatic N) is 1. The monoisotopic (exact) mass is 433 g/mol. The second kappa shape index (κ2) is 8.47. The molecule has 2 aromatic carbocycles. The van der Waals surface area contributed by atoms with Gasteiger partial charge in [-0.2, -0.15) is 0 Å². The third-order valence-electron chi connectivity index (χ3n) is 5.69. The molecule has 1 aliphatic heterocycles. The Morgan fingerprint density at radius 3 is 2.50 bits per heavy atom. The van der Waals surface area contributed by atoms with Crippen molar-refractivity contribution in [3.8, 4) is 0 Å². The minimum atomic E-state index is -0.878. The Morgan fingerprint density at radius 1 is 1.09 bits per heavy atom. The van der Waals surface area contributed by atoms with Crippen LogP contribution in [0.4, 0.5) is 10.5 Å². The van der Waals surface area contributed by atoms with Gasteiger partial charge in [0.1, 0.15) is 11.2 Å². The Morgan fingerprint density at radius 2 is 1.84 bits per heavy atom. The van der Waals surface area contributed by atoms with Crippen molar-refractivity contribution in [2.75, 3.05) is 18.4 Å². The van der Waals surface area contributed by atoms with Crippen LogP contribution in [-0.2, 0) is 17.6 Å². The zero-order valence-electron chi connectivity index (χ0n) is 18.2. The van der Waals surface area contributed by atoms with Crippen molar-refractivity contribution in [1.29, 1.82) is 0 Å². The van der Waals surface area contributed by atoms with Crippen LogP contribution in [0.1, 0.15) is 35.5 Å². The predicted molar refractivity (Wildman–Crippen MR) is 123 cm³/mol. The fourth-order valence-electron chi connectivity index (χ4n) is 4.03. The number of benzene rings is 2. The zero-order valence-corrected chi connectivity index (χ0v) is 18.2. The van der Waals surface area contributed by atoms with Crippen LogP contribution in [-0.4, -0.2) is 46.4 Å². The summed E-state index contributed by atoms with van der Waals surface area (Å²) < 4.78 is 0. The number of imide groups is 1. The lowest BCUT2D eigenvalue weighted by atomic mass is 10.0. The molecule has 2 heterocycles. The number of aromatic nitrogens is 1. The van der Waals surface area contributed by atoms with E-state index in [2.05, 4.69) is 15.6 Å². The summed E-state index contributed by atoms with van der Waals surface area (Å²) >= 11 is 0. The highest BCUT2D eigenvalue weighted by atomic mass is 16.2. The lowest BCUT2D eigenvalue weighted by Crippen LogP contribution is -2.40. The molecule has 0 unspecified atom stereocenters. The molecular formula is C24H27N5O3. The van der Waals surface area contributed by atoms with Gasteiger partial charge in [-0.05, 0) is 68.6 Å². The highest BCUT2D eigenvalue weighted by molar-refractivity contribution is 6.08. The van der Waals surface area contributed by atoms with Gasteiger partial charge in [-0.1, -0.05) is 24.3 Å². The van der Waals surface area contributed by atoms with Crippen molar-refractivity contribution in [3.05, 3.63) is 65.4 Å². The van der Waals surface area contributed by atoms with E-state index in [1.54, 1.807) is 13.8 Å². The van der Waals surface area contributed by atoms with E-state index in [4.69, 9.17) is 5.73 Å². The molecule has 5 N–H and O–H groups in total. The van der Waals surface area contributed by atoms with Gasteiger partial charge in [-0.3, -0.25) is 14.5 Å². The number of hydrogen-bond donors (Lipinski definition) is 4. The summed E-state index contributed by atoms with van der Waals surface area (Å²) in [5.74, 6) is -0.451. The van der Waals surface area contributed by atoms with Gasteiger partial charge < -0.3 is 21.4 Å². The first-order chi connectivity index (χ1) is 15.3. The summed E-state index contributed by atoms with van der Waals surface area (Å²) in [6.45, 7) is 4.08. The summed E-state index contributed by atoms with van der Waals surface area (Å²) in [4.78, 5) is 41.9. The molecule has 0 atom stereocenters. The van der Waals surface area contributed by atoms with Crippen molar-refractivity contribution >= 4 is 34.4 Å². The number of carbonyl (C=O) groups excluding carboxylic acids is 3. The molecule has 1 saturated heterocycles. The molecule has 0 saturated carbocycles. The maximum Gasteiger partial charge on any atom is 0.325 e. The Balaban J connectivity index is 1.58. The van der Waals surface area contributed by atoms with E-state index in [0.717, 1.165) is 22.0 Å². The Labute approximate surface area is 186 Å². The molecule has 1 aliphatic rings. The summed E-state index contributed by atoms with van der Waals surface area (Å²) in [7, 11) is 0. The van der Waals surface area contributed by atoms with Gasteiger partial charge in [0.05, 0.1) is 0 Å². The number of anilines is 1. The van der Waals surface area contributed by atoms with Gasteiger partial charge in [-0.15, -0.1) is 0 Å². The minimum absolute atomic E-state index is 0.223. The van der Waals surface area contributed by atoms with Crippen molar-refractivity contribution in [3.63, 3.8) is 0 Å². The van der Waals surface area contributed by atoms with Crippen LogP contribution in [0.2, 0.25) is 0 Å². The van der Waals surface area contributed by atoms with E-state index in [-0.39, 0.29) is 24.4 Å². The minimum Gasteiger partial charge on any atom is -0.350 e. The number of H-pyrrole nitrogens is 1. The van der Waals surface area contributed by atoms with Crippen LogP contribution in [0.25, 0.3) is 10.9 Å². The highest BCUT2D eigenvalue weighted by Gasteiger charge is 2.43. The van der Waals surface area contributed by atoms with Gasteiger partial charge in [0.2, 0.25) is 0 Å². The van der Waals surface area contributed by atoms with E-state index in [0.29, 0.717) is 30.8 Å². The number of hydrogen-bond acceptors (Lipinski definition) is 4. The summed E-state index contributed by atoms with van der Waals surface area (Å²) in [5, 5.41) is 6.53. The smallest absolute Gasteiger partial charge is 0.325 e. The third kappa shape index (κ3) is 4.09. The van der Waals surface area contributed by atoms with Gasteiger partial charge in [0.15, 0.2) is 0 Å². The highest BCUT2D eigenvalue weighted by Crippen LogP contribution is 2.26. The third-order valence-corrected chi connectivity index (χ3v) is 5.69. The molecule has 4 rings (SSSR count). The number of amides is 4. The fraction of sp³-hybridized carbons (Fsp3) is 0.292.